The van der Waals surface area contributed by atoms with Crippen LogP contribution in [0, 0.1) is 0 Å². The van der Waals surface area contributed by atoms with E-state index in [2.05, 4.69) is 4.31 Å². The standard InChI is InChI=1S/C2H8N2.2Na.H4O7P2.Pt/c3-1-2-4;;;1-8(2,3)7-9(4,5)6;/h1-4H2;;;(H2,1,2,3)(H2,4,5,6);/q;2*+1;;+2/p-4. The van der Waals surface area contributed by atoms with Crippen LogP contribution in [0.2, 0.25) is 0 Å². The van der Waals surface area contributed by atoms with Crippen molar-refractivity contribution in [2.45, 2.75) is 0 Å². The van der Waals surface area contributed by atoms with Gasteiger partial charge in [0.05, 0.1) is 15.6 Å². The van der Waals surface area contributed by atoms with Crippen LogP contribution in [0.1, 0.15) is 0 Å². The summed E-state index contributed by atoms with van der Waals surface area (Å²) in [6, 6.07) is 0. The van der Waals surface area contributed by atoms with Gasteiger partial charge in [0, 0.05) is 13.1 Å². The monoisotopic (exact) mass is 475 g/mol. The summed E-state index contributed by atoms with van der Waals surface area (Å²) in [5, 5.41) is 0. The second-order valence-corrected chi connectivity index (χ2v) is 4.00. The van der Waals surface area contributed by atoms with Crippen molar-refractivity contribution in [3.05, 3.63) is 0 Å². The van der Waals surface area contributed by atoms with Crippen LogP contribution < -0.4 is 90.2 Å². The molecule has 0 aliphatic rings. The van der Waals surface area contributed by atoms with Gasteiger partial charge >= 0.3 is 80.2 Å². The molecule has 0 bridgehead atoms. The van der Waals surface area contributed by atoms with Gasteiger partial charge in [-0.2, -0.15) is 0 Å². The van der Waals surface area contributed by atoms with Gasteiger partial charge in [0.25, 0.3) is 0 Å². The summed E-state index contributed by atoms with van der Waals surface area (Å²) >= 11 is 0. The van der Waals surface area contributed by atoms with Gasteiger partial charge in [-0.25, -0.2) is 0 Å². The molecule has 0 radical (unpaired) electrons. The van der Waals surface area contributed by atoms with Crippen LogP contribution >= 0.6 is 15.6 Å². The summed E-state index contributed by atoms with van der Waals surface area (Å²) in [4.78, 5) is 37.3. The van der Waals surface area contributed by atoms with Crippen LogP contribution in [-0.4, -0.2) is 13.1 Å². The van der Waals surface area contributed by atoms with Crippen LogP contribution in [0.5, 0.6) is 0 Å². The van der Waals surface area contributed by atoms with E-state index in [0.29, 0.717) is 13.1 Å². The minimum absolute atomic E-state index is 0. The molecule has 0 saturated carbocycles. The number of hydrogen-bond donors (Lipinski definition) is 2. The van der Waals surface area contributed by atoms with Crippen molar-refractivity contribution in [2.75, 3.05) is 13.1 Å². The summed E-state index contributed by atoms with van der Waals surface area (Å²) in [5.74, 6) is 0. The third-order valence-electron chi connectivity index (χ3n) is 0.367. The first-order chi connectivity index (χ1) is 5.62. The third kappa shape index (κ3) is 43.6. The third-order valence-corrected chi connectivity index (χ3v) is 1.97. The Kier molecular flexibility index (Phi) is 31.2. The van der Waals surface area contributed by atoms with Gasteiger partial charge in [-0.3, -0.25) is 0 Å². The van der Waals surface area contributed by atoms with Crippen molar-refractivity contribution in [2.24, 2.45) is 11.5 Å². The zero-order chi connectivity index (χ0) is 11.1. The van der Waals surface area contributed by atoms with E-state index < -0.39 is 15.6 Å². The number of rotatable bonds is 3. The molecule has 9 nitrogen and oxygen atoms in total. The second kappa shape index (κ2) is 15.9. The maximum absolute atomic E-state index is 9.32. The molecular formula is C2H8N2Na2O7P2Pt. The Labute approximate surface area is 151 Å². The number of phosphoric acid groups is 2. The molecule has 0 atom stereocenters. The van der Waals surface area contributed by atoms with E-state index in [1.54, 1.807) is 0 Å². The Morgan fingerprint density at radius 2 is 1.06 bits per heavy atom. The van der Waals surface area contributed by atoms with E-state index in [1.165, 1.54) is 0 Å². The molecule has 0 heterocycles. The van der Waals surface area contributed by atoms with Crippen LogP contribution in [-0.2, 0) is 34.5 Å². The van der Waals surface area contributed by atoms with Gasteiger partial charge in [0.15, 0.2) is 0 Å². The first-order valence-electron chi connectivity index (χ1n) is 2.78. The molecule has 4 N–H and O–H groups in total. The second-order valence-electron chi connectivity index (χ2n) is 1.55. The summed E-state index contributed by atoms with van der Waals surface area (Å²) in [5.41, 5.74) is 9.81. The van der Waals surface area contributed by atoms with E-state index in [4.69, 9.17) is 11.5 Å². The average molecular weight is 475 g/mol. The maximum Gasteiger partial charge on any atom is 2.00 e. The van der Waals surface area contributed by atoms with Crippen molar-refractivity contribution in [1.82, 2.24) is 0 Å². The van der Waals surface area contributed by atoms with Gasteiger partial charge in [-0.1, -0.05) is 0 Å². The molecule has 0 unspecified atom stereocenters. The van der Waals surface area contributed by atoms with Crippen molar-refractivity contribution in [3.63, 3.8) is 0 Å². The Morgan fingerprint density at radius 1 is 0.875 bits per heavy atom. The zero-order valence-electron chi connectivity index (χ0n) is 8.64. The SMILES string of the molecule is NCCN.O=P([O-])([O-])OP(=O)([O-])[O-].[Na+].[Na+].[Pt+2]. The molecular weight excluding hydrogens is 467 g/mol. The van der Waals surface area contributed by atoms with Gasteiger partial charge in [-0.05, 0) is 0 Å². The van der Waals surface area contributed by atoms with Crippen molar-refractivity contribution in [1.29, 1.82) is 0 Å². The molecule has 0 aromatic rings. The topological polar surface area (TPSA) is 188 Å². The Morgan fingerprint density at radius 3 is 1.06 bits per heavy atom. The fourth-order valence-electron chi connectivity index (χ4n) is 0.122. The number of hydrogen-bond acceptors (Lipinski definition) is 9. The van der Waals surface area contributed by atoms with Gasteiger partial charge < -0.3 is 44.5 Å². The molecule has 0 rings (SSSR count). The molecule has 0 fully saturated rings. The van der Waals surface area contributed by atoms with E-state index in [0.717, 1.165) is 0 Å². The molecule has 0 saturated heterocycles. The molecule has 90 valence electrons. The minimum Gasteiger partial charge on any atom is -0.790 e. The average Bonchev–Trinajstić information content (AvgIpc) is 1.80. The molecule has 0 amide bonds. The fourth-order valence-corrected chi connectivity index (χ4v) is 1.10. The van der Waals surface area contributed by atoms with E-state index >= 15 is 0 Å². The summed E-state index contributed by atoms with van der Waals surface area (Å²) in [6.45, 7) is 1.19. The van der Waals surface area contributed by atoms with Gasteiger partial charge in [0.1, 0.15) is 0 Å². The minimum atomic E-state index is -5.68. The van der Waals surface area contributed by atoms with E-state index in [1.807, 2.05) is 0 Å². The summed E-state index contributed by atoms with van der Waals surface area (Å²) < 4.78 is 21.2. The predicted molar refractivity (Wildman–Crippen MR) is 34.4 cm³/mol. The molecule has 0 aliphatic carbocycles. The van der Waals surface area contributed by atoms with Crippen LogP contribution in [0.15, 0.2) is 0 Å². The molecule has 16 heavy (non-hydrogen) atoms. The van der Waals surface area contributed by atoms with Gasteiger partial charge in [0.2, 0.25) is 0 Å². The van der Waals surface area contributed by atoms with Crippen LogP contribution in [0.25, 0.3) is 0 Å². The molecule has 0 spiro atoms. The first-order valence-corrected chi connectivity index (χ1v) is 5.70. The molecule has 0 aromatic carbocycles. The van der Waals surface area contributed by atoms with E-state index in [-0.39, 0.29) is 80.2 Å². The van der Waals surface area contributed by atoms with Crippen LogP contribution in [0.3, 0.4) is 0 Å². The summed E-state index contributed by atoms with van der Waals surface area (Å²) in [7, 11) is -11.4. The predicted octanol–water partition coefficient (Wildman–Crippen LogP) is -10.4. The maximum atomic E-state index is 9.32. The largest absolute Gasteiger partial charge is 2.00 e. The van der Waals surface area contributed by atoms with Crippen molar-refractivity contribution < 1.29 is 113 Å². The molecule has 0 aliphatic heterocycles. The van der Waals surface area contributed by atoms with Crippen molar-refractivity contribution in [3.8, 4) is 0 Å². The Hall–Kier alpha value is 2.87. The first kappa shape index (κ1) is 31.3. The quantitative estimate of drug-likeness (QED) is 0.295. The zero-order valence-corrected chi connectivity index (χ0v) is 16.7. The smallest absolute Gasteiger partial charge is 0.790 e. The number of nitrogens with two attached hydrogens (primary N) is 2. The Bertz CT molecular complexity index is 198. The summed E-state index contributed by atoms with van der Waals surface area (Å²) in [6.07, 6.45) is 0. The van der Waals surface area contributed by atoms with Gasteiger partial charge in [-0.15, -0.1) is 0 Å². The molecule has 0 aromatic heterocycles. The fraction of sp³-hybridized carbons (Fsp3) is 1.00. The molecule has 14 heteroatoms. The normalized spacial score (nSPS) is 9.62. The van der Waals surface area contributed by atoms with Crippen molar-refractivity contribution >= 4 is 15.6 Å². The van der Waals surface area contributed by atoms with Crippen LogP contribution in [0.4, 0.5) is 0 Å². The van der Waals surface area contributed by atoms with E-state index in [9.17, 15) is 28.7 Å². The Balaban J connectivity index is -0.0000000511.